The molecule has 1 aliphatic heterocycles. The number of amides is 2. The van der Waals surface area contributed by atoms with Gasteiger partial charge in [0, 0.05) is 6.54 Å². The molecule has 2 aliphatic carbocycles. The minimum Gasteiger partial charge on any atom is -0.342 e. The van der Waals surface area contributed by atoms with Gasteiger partial charge in [0.25, 0.3) is 0 Å². The van der Waals surface area contributed by atoms with Crippen LogP contribution in [-0.4, -0.2) is 35.3 Å². The highest BCUT2D eigenvalue weighted by Gasteiger charge is 2.50. The maximum absolute atomic E-state index is 12.9. The number of carbonyl (C=O) groups is 2. The van der Waals surface area contributed by atoms with Crippen molar-refractivity contribution in [3.8, 4) is 0 Å². The lowest BCUT2D eigenvalue weighted by molar-refractivity contribution is -0.155. The largest absolute Gasteiger partial charge is 0.342 e. The molecule has 4 nitrogen and oxygen atoms in total. The molecule has 118 valence electrons. The Morgan fingerprint density at radius 1 is 1.10 bits per heavy atom. The van der Waals surface area contributed by atoms with Gasteiger partial charge in [-0.25, -0.2) is 0 Å². The van der Waals surface area contributed by atoms with Gasteiger partial charge in [-0.05, 0) is 42.9 Å². The summed E-state index contributed by atoms with van der Waals surface area (Å²) in [6.45, 7) is 6.95. The zero-order valence-electron chi connectivity index (χ0n) is 13.5. The maximum Gasteiger partial charge on any atom is 0.246 e. The molecule has 0 aromatic rings. The highest BCUT2D eigenvalue weighted by molar-refractivity contribution is 5.97. The molecular formula is C17H28N2O2. The van der Waals surface area contributed by atoms with Gasteiger partial charge in [0.05, 0.1) is 0 Å². The van der Waals surface area contributed by atoms with Gasteiger partial charge in [-0.2, -0.15) is 0 Å². The van der Waals surface area contributed by atoms with Gasteiger partial charge in [0.1, 0.15) is 12.1 Å². The third-order valence-electron chi connectivity index (χ3n) is 5.25. The standard InChI is InChI=1S/C17H28N2O2/c1-17(2,3)14-15(20)18-13(12-8-9-12)16(21)19(14)10-11-6-4-5-7-11/h11-14H,4-10H2,1-3H3,(H,18,20). The molecule has 2 atom stereocenters. The molecule has 0 aromatic heterocycles. The third kappa shape index (κ3) is 2.95. The summed E-state index contributed by atoms with van der Waals surface area (Å²) >= 11 is 0. The van der Waals surface area contributed by atoms with E-state index in [4.69, 9.17) is 0 Å². The van der Waals surface area contributed by atoms with E-state index < -0.39 is 0 Å². The van der Waals surface area contributed by atoms with Crippen molar-refractivity contribution in [3.63, 3.8) is 0 Å². The molecule has 0 bridgehead atoms. The molecule has 1 saturated heterocycles. The second kappa shape index (κ2) is 5.29. The number of hydrogen-bond donors (Lipinski definition) is 1. The average molecular weight is 292 g/mol. The Balaban J connectivity index is 1.82. The van der Waals surface area contributed by atoms with Gasteiger partial charge in [-0.15, -0.1) is 0 Å². The number of nitrogens with one attached hydrogen (secondary N) is 1. The normalized spacial score (nSPS) is 31.7. The van der Waals surface area contributed by atoms with Crippen LogP contribution < -0.4 is 5.32 Å². The van der Waals surface area contributed by atoms with Crippen molar-refractivity contribution in [1.82, 2.24) is 10.2 Å². The third-order valence-corrected chi connectivity index (χ3v) is 5.25. The van der Waals surface area contributed by atoms with E-state index in [1.54, 1.807) is 0 Å². The number of carbonyl (C=O) groups excluding carboxylic acids is 2. The molecule has 21 heavy (non-hydrogen) atoms. The molecule has 2 saturated carbocycles. The summed E-state index contributed by atoms with van der Waals surface area (Å²) in [5.74, 6) is 1.19. The number of hydrogen-bond acceptors (Lipinski definition) is 2. The van der Waals surface area contributed by atoms with Crippen LogP contribution in [0.5, 0.6) is 0 Å². The van der Waals surface area contributed by atoms with E-state index in [0.29, 0.717) is 11.8 Å². The zero-order chi connectivity index (χ0) is 15.2. The molecule has 2 amide bonds. The van der Waals surface area contributed by atoms with Crippen molar-refractivity contribution in [2.75, 3.05) is 6.54 Å². The molecule has 1 N–H and O–H groups in total. The van der Waals surface area contributed by atoms with E-state index in [1.165, 1.54) is 25.7 Å². The summed E-state index contributed by atoms with van der Waals surface area (Å²) < 4.78 is 0. The molecule has 0 radical (unpaired) electrons. The Hall–Kier alpha value is -1.06. The summed E-state index contributed by atoms with van der Waals surface area (Å²) in [7, 11) is 0. The van der Waals surface area contributed by atoms with E-state index in [0.717, 1.165) is 19.4 Å². The summed E-state index contributed by atoms with van der Waals surface area (Å²) in [5, 5.41) is 3.01. The maximum atomic E-state index is 12.9. The van der Waals surface area contributed by atoms with Crippen LogP contribution >= 0.6 is 0 Å². The average Bonchev–Trinajstić information content (AvgIpc) is 3.10. The first-order valence-electron chi connectivity index (χ1n) is 8.49. The van der Waals surface area contributed by atoms with Gasteiger partial charge in [0.2, 0.25) is 11.8 Å². The molecule has 3 rings (SSSR count). The predicted molar refractivity (Wildman–Crippen MR) is 81.6 cm³/mol. The van der Waals surface area contributed by atoms with E-state index in [9.17, 15) is 9.59 Å². The summed E-state index contributed by atoms with van der Waals surface area (Å²) in [6.07, 6.45) is 7.10. The van der Waals surface area contributed by atoms with Crippen molar-refractivity contribution in [2.45, 2.75) is 71.4 Å². The molecule has 0 spiro atoms. The minimum atomic E-state index is -0.319. The molecule has 3 aliphatic rings. The van der Waals surface area contributed by atoms with Gasteiger partial charge in [-0.3, -0.25) is 9.59 Å². The first kappa shape index (κ1) is 14.9. The van der Waals surface area contributed by atoms with Crippen molar-refractivity contribution in [3.05, 3.63) is 0 Å². The predicted octanol–water partition coefficient (Wildman–Crippen LogP) is 2.33. The monoisotopic (exact) mass is 292 g/mol. The van der Waals surface area contributed by atoms with Crippen LogP contribution in [0.1, 0.15) is 59.3 Å². The SMILES string of the molecule is CC(C)(C)C1C(=O)NC(C2CC2)C(=O)N1CC1CCCC1. The van der Waals surface area contributed by atoms with E-state index in [-0.39, 0.29) is 29.3 Å². The minimum absolute atomic E-state index is 0.0528. The van der Waals surface area contributed by atoms with Crippen LogP contribution in [0.25, 0.3) is 0 Å². The fourth-order valence-electron chi connectivity index (χ4n) is 4.02. The fourth-order valence-corrected chi connectivity index (χ4v) is 4.02. The Kier molecular flexibility index (Phi) is 3.74. The lowest BCUT2D eigenvalue weighted by Crippen LogP contribution is -2.67. The quantitative estimate of drug-likeness (QED) is 0.868. The molecule has 4 heteroatoms. The first-order chi connectivity index (χ1) is 9.88. The molecule has 3 fully saturated rings. The summed E-state index contributed by atoms with van der Waals surface area (Å²) in [4.78, 5) is 27.4. The van der Waals surface area contributed by atoms with Crippen LogP contribution in [-0.2, 0) is 9.59 Å². The van der Waals surface area contributed by atoms with Crippen LogP contribution in [0, 0.1) is 17.3 Å². The fraction of sp³-hybridized carbons (Fsp3) is 0.882. The Labute approximate surface area is 127 Å². The van der Waals surface area contributed by atoms with Crippen molar-refractivity contribution >= 4 is 11.8 Å². The van der Waals surface area contributed by atoms with E-state index in [2.05, 4.69) is 26.1 Å². The highest BCUT2D eigenvalue weighted by atomic mass is 16.2. The van der Waals surface area contributed by atoms with E-state index in [1.807, 2.05) is 4.90 Å². The van der Waals surface area contributed by atoms with Crippen molar-refractivity contribution in [2.24, 2.45) is 17.3 Å². The van der Waals surface area contributed by atoms with E-state index >= 15 is 0 Å². The number of rotatable bonds is 3. The van der Waals surface area contributed by atoms with Crippen LogP contribution in [0.4, 0.5) is 0 Å². The Bertz CT molecular complexity index is 431. The number of piperazine rings is 1. The molecule has 1 heterocycles. The lowest BCUT2D eigenvalue weighted by atomic mass is 9.82. The Morgan fingerprint density at radius 2 is 1.71 bits per heavy atom. The first-order valence-corrected chi connectivity index (χ1v) is 8.49. The topological polar surface area (TPSA) is 49.4 Å². The van der Waals surface area contributed by atoms with Crippen LogP contribution in [0.15, 0.2) is 0 Å². The second-order valence-electron chi connectivity index (χ2n) is 8.23. The van der Waals surface area contributed by atoms with Gasteiger partial charge < -0.3 is 10.2 Å². The van der Waals surface area contributed by atoms with Crippen molar-refractivity contribution < 1.29 is 9.59 Å². The Morgan fingerprint density at radius 3 is 2.24 bits per heavy atom. The smallest absolute Gasteiger partial charge is 0.246 e. The van der Waals surface area contributed by atoms with Crippen LogP contribution in [0.2, 0.25) is 0 Å². The van der Waals surface area contributed by atoms with Crippen molar-refractivity contribution in [1.29, 1.82) is 0 Å². The lowest BCUT2D eigenvalue weighted by Gasteiger charge is -2.45. The number of nitrogens with zero attached hydrogens (tertiary/aromatic N) is 1. The van der Waals surface area contributed by atoms with Gasteiger partial charge in [0.15, 0.2) is 0 Å². The van der Waals surface area contributed by atoms with Gasteiger partial charge in [-0.1, -0.05) is 33.6 Å². The van der Waals surface area contributed by atoms with Gasteiger partial charge >= 0.3 is 0 Å². The van der Waals surface area contributed by atoms with Crippen LogP contribution in [0.3, 0.4) is 0 Å². The molecular weight excluding hydrogens is 264 g/mol. The summed E-state index contributed by atoms with van der Waals surface area (Å²) in [6, 6.07) is -0.571. The highest BCUT2D eigenvalue weighted by Crippen LogP contribution is 2.38. The molecule has 2 unspecified atom stereocenters. The molecule has 0 aromatic carbocycles. The zero-order valence-corrected chi connectivity index (χ0v) is 13.5. The second-order valence-corrected chi connectivity index (χ2v) is 8.23. The summed E-state index contributed by atoms with van der Waals surface area (Å²) in [5.41, 5.74) is -0.215.